The van der Waals surface area contributed by atoms with Gasteiger partial charge in [-0.2, -0.15) is 4.98 Å². The molecule has 0 unspecified atom stereocenters. The molecule has 0 aliphatic heterocycles. The summed E-state index contributed by atoms with van der Waals surface area (Å²) >= 11 is 3.01. The molecule has 1 aromatic heterocycles. The molecule has 0 fully saturated rings. The predicted octanol–water partition coefficient (Wildman–Crippen LogP) is 4.03. The Morgan fingerprint density at radius 1 is 1.10 bits per heavy atom. The molecule has 0 aliphatic rings. The van der Waals surface area contributed by atoms with Crippen LogP contribution in [0.25, 0.3) is 22.8 Å². The van der Waals surface area contributed by atoms with Gasteiger partial charge in [0.05, 0.1) is 0 Å². The van der Waals surface area contributed by atoms with E-state index < -0.39 is 11.6 Å². The molecule has 7 heteroatoms. The number of nitrogen functional groups attached to an aromatic ring is 1. The molecule has 0 saturated heterocycles. The monoisotopic (exact) mass is 351 g/mol. The van der Waals surface area contributed by atoms with Gasteiger partial charge in [-0.3, -0.25) is 0 Å². The number of nitrogens with zero attached hydrogens (tertiary/aromatic N) is 2. The highest BCUT2D eigenvalue weighted by molar-refractivity contribution is 9.10. The topological polar surface area (TPSA) is 64.9 Å². The van der Waals surface area contributed by atoms with Crippen molar-refractivity contribution in [2.75, 3.05) is 5.73 Å². The largest absolute Gasteiger partial charge is 0.398 e. The molecule has 21 heavy (non-hydrogen) atoms. The van der Waals surface area contributed by atoms with Gasteiger partial charge in [-0.15, -0.1) is 0 Å². The van der Waals surface area contributed by atoms with Crippen molar-refractivity contribution in [1.82, 2.24) is 10.1 Å². The molecule has 3 aromatic rings. The highest BCUT2D eigenvalue weighted by Crippen LogP contribution is 2.30. The van der Waals surface area contributed by atoms with E-state index >= 15 is 0 Å². The lowest BCUT2D eigenvalue weighted by Gasteiger charge is -2.00. The van der Waals surface area contributed by atoms with Crippen molar-refractivity contribution in [2.45, 2.75) is 0 Å². The first-order valence-electron chi connectivity index (χ1n) is 5.90. The van der Waals surface area contributed by atoms with Gasteiger partial charge in [0.2, 0.25) is 5.82 Å². The summed E-state index contributed by atoms with van der Waals surface area (Å²) in [4.78, 5) is 4.01. The molecule has 0 bridgehead atoms. The van der Waals surface area contributed by atoms with Crippen molar-refractivity contribution in [1.29, 1.82) is 0 Å². The molecule has 2 N–H and O–H groups in total. The molecular formula is C14H8BrF2N3O. The van der Waals surface area contributed by atoms with Crippen LogP contribution in [0.15, 0.2) is 45.4 Å². The third-order valence-electron chi connectivity index (χ3n) is 2.85. The van der Waals surface area contributed by atoms with Gasteiger partial charge >= 0.3 is 0 Å². The Balaban J connectivity index is 2.10. The van der Waals surface area contributed by atoms with Gasteiger partial charge in [-0.25, -0.2) is 8.78 Å². The van der Waals surface area contributed by atoms with Gasteiger partial charge in [0.1, 0.15) is 17.2 Å². The quantitative estimate of drug-likeness (QED) is 0.708. The van der Waals surface area contributed by atoms with Gasteiger partial charge in [0.15, 0.2) is 0 Å². The Hall–Kier alpha value is -2.28. The van der Waals surface area contributed by atoms with E-state index in [0.29, 0.717) is 11.3 Å². The first-order chi connectivity index (χ1) is 10.1. The van der Waals surface area contributed by atoms with Crippen LogP contribution in [0.5, 0.6) is 0 Å². The zero-order valence-corrected chi connectivity index (χ0v) is 12.1. The zero-order valence-electron chi connectivity index (χ0n) is 10.5. The van der Waals surface area contributed by atoms with Crippen LogP contribution in [-0.4, -0.2) is 10.1 Å². The number of nitrogens with two attached hydrogens (primary N) is 1. The number of hydrogen-bond donors (Lipinski definition) is 1. The summed E-state index contributed by atoms with van der Waals surface area (Å²) in [6, 6.07) is 9.12. The molecule has 0 saturated carbocycles. The molecule has 0 spiro atoms. The van der Waals surface area contributed by atoms with Gasteiger partial charge < -0.3 is 10.3 Å². The Labute approximate surface area is 126 Å². The molecular weight excluding hydrogens is 344 g/mol. The number of rotatable bonds is 2. The Kier molecular flexibility index (Phi) is 3.42. The van der Waals surface area contributed by atoms with E-state index in [0.717, 1.165) is 12.1 Å². The summed E-state index contributed by atoms with van der Waals surface area (Å²) in [5, 5.41) is 3.72. The average Bonchev–Trinajstić information content (AvgIpc) is 2.87. The van der Waals surface area contributed by atoms with Crippen molar-refractivity contribution in [2.24, 2.45) is 0 Å². The smallest absolute Gasteiger partial charge is 0.264 e. The fourth-order valence-electron chi connectivity index (χ4n) is 1.88. The van der Waals surface area contributed by atoms with Crippen LogP contribution < -0.4 is 5.73 Å². The fourth-order valence-corrected chi connectivity index (χ4v) is 2.28. The first-order valence-corrected chi connectivity index (χ1v) is 6.69. The minimum atomic E-state index is -0.793. The van der Waals surface area contributed by atoms with Gasteiger partial charge in [-0.1, -0.05) is 33.2 Å². The highest BCUT2D eigenvalue weighted by Gasteiger charge is 2.20. The van der Waals surface area contributed by atoms with Gasteiger partial charge in [0, 0.05) is 15.7 Å². The molecule has 106 valence electrons. The standard InChI is InChI=1S/C14H8BrF2N3O/c15-7-5-9(16)12(10(17)6-7)14-19-13(20-21-14)8-3-1-2-4-11(8)18/h1-6H,18H2. The van der Waals surface area contributed by atoms with Gasteiger partial charge in [0.25, 0.3) is 5.89 Å². The summed E-state index contributed by atoms with van der Waals surface area (Å²) < 4.78 is 33.0. The molecule has 3 rings (SSSR count). The number of anilines is 1. The lowest BCUT2D eigenvalue weighted by Crippen LogP contribution is -1.92. The lowest BCUT2D eigenvalue weighted by molar-refractivity contribution is 0.426. The van der Waals surface area contributed by atoms with Crippen molar-refractivity contribution in [3.05, 3.63) is 52.5 Å². The van der Waals surface area contributed by atoms with Crippen LogP contribution in [0.2, 0.25) is 0 Å². The summed E-state index contributed by atoms with van der Waals surface area (Å²) in [5.41, 5.74) is 6.41. The van der Waals surface area contributed by atoms with Crippen LogP contribution >= 0.6 is 15.9 Å². The lowest BCUT2D eigenvalue weighted by atomic mass is 10.1. The minimum Gasteiger partial charge on any atom is -0.398 e. The van der Waals surface area contributed by atoms with E-state index in [1.165, 1.54) is 0 Å². The number of hydrogen-bond acceptors (Lipinski definition) is 4. The maximum Gasteiger partial charge on any atom is 0.264 e. The van der Waals surface area contributed by atoms with Crippen molar-refractivity contribution < 1.29 is 13.3 Å². The van der Waals surface area contributed by atoms with Crippen LogP contribution in [0, 0.1) is 11.6 Å². The zero-order chi connectivity index (χ0) is 15.0. The normalized spacial score (nSPS) is 10.8. The summed E-state index contributed by atoms with van der Waals surface area (Å²) in [7, 11) is 0. The Bertz CT molecular complexity index is 796. The Morgan fingerprint density at radius 3 is 2.43 bits per heavy atom. The van der Waals surface area contributed by atoms with E-state index in [-0.39, 0.29) is 21.8 Å². The van der Waals surface area contributed by atoms with Crippen molar-refractivity contribution in [3.8, 4) is 22.8 Å². The minimum absolute atomic E-state index is 0.171. The van der Waals surface area contributed by atoms with E-state index in [4.69, 9.17) is 10.3 Å². The first kappa shape index (κ1) is 13.7. The van der Waals surface area contributed by atoms with E-state index in [9.17, 15) is 8.78 Å². The molecule has 0 aliphatic carbocycles. The second-order valence-corrected chi connectivity index (χ2v) is 5.17. The second-order valence-electron chi connectivity index (χ2n) is 4.25. The molecule has 0 atom stereocenters. The SMILES string of the molecule is Nc1ccccc1-c1noc(-c2c(F)cc(Br)cc2F)n1. The summed E-state index contributed by atoms with van der Waals surface area (Å²) in [6.45, 7) is 0. The van der Waals surface area contributed by atoms with Crippen molar-refractivity contribution in [3.63, 3.8) is 0 Å². The molecule has 1 heterocycles. The van der Waals surface area contributed by atoms with Gasteiger partial charge in [-0.05, 0) is 24.3 Å². The van der Waals surface area contributed by atoms with Crippen molar-refractivity contribution >= 4 is 21.6 Å². The van der Waals surface area contributed by atoms with E-state index in [1.54, 1.807) is 24.3 Å². The van der Waals surface area contributed by atoms with E-state index in [1.807, 2.05) is 0 Å². The summed E-state index contributed by atoms with van der Waals surface area (Å²) in [5.74, 6) is -1.66. The third-order valence-corrected chi connectivity index (χ3v) is 3.31. The maximum atomic E-state index is 13.9. The maximum absolute atomic E-state index is 13.9. The third kappa shape index (κ3) is 2.52. The van der Waals surface area contributed by atoms with Crippen LogP contribution in [0.4, 0.5) is 14.5 Å². The van der Waals surface area contributed by atoms with Crippen LogP contribution in [0.1, 0.15) is 0 Å². The molecule has 0 radical (unpaired) electrons. The molecule has 4 nitrogen and oxygen atoms in total. The van der Waals surface area contributed by atoms with Crippen LogP contribution in [-0.2, 0) is 0 Å². The molecule has 2 aromatic carbocycles. The average molecular weight is 352 g/mol. The van der Waals surface area contributed by atoms with Crippen LogP contribution in [0.3, 0.4) is 0 Å². The molecule has 0 amide bonds. The number of benzene rings is 2. The summed E-state index contributed by atoms with van der Waals surface area (Å²) in [6.07, 6.45) is 0. The fraction of sp³-hybridized carbons (Fsp3) is 0. The predicted molar refractivity (Wildman–Crippen MR) is 77.2 cm³/mol. The number of halogens is 3. The highest BCUT2D eigenvalue weighted by atomic mass is 79.9. The van der Waals surface area contributed by atoms with E-state index in [2.05, 4.69) is 26.1 Å². The number of aromatic nitrogens is 2. The number of para-hydroxylation sites is 1. The Morgan fingerprint density at radius 2 is 1.76 bits per heavy atom. The second kappa shape index (κ2) is 5.25.